The van der Waals surface area contributed by atoms with E-state index in [0.29, 0.717) is 22.9 Å². The molecule has 2 aromatic carbocycles. The van der Waals surface area contributed by atoms with Crippen LogP contribution in [0.2, 0.25) is 0 Å². The molecule has 0 aliphatic rings. The van der Waals surface area contributed by atoms with Crippen molar-refractivity contribution in [2.75, 3.05) is 7.11 Å². The SMILES string of the molecule is COc1ccccc1-c1noc(COc2ccc([N+](=O)[O-])cc2)n1. The van der Waals surface area contributed by atoms with Gasteiger partial charge in [-0.1, -0.05) is 17.3 Å². The van der Waals surface area contributed by atoms with E-state index in [-0.39, 0.29) is 18.2 Å². The number of para-hydroxylation sites is 1. The maximum atomic E-state index is 10.6. The molecular weight excluding hydrogens is 314 g/mol. The zero-order valence-electron chi connectivity index (χ0n) is 12.7. The van der Waals surface area contributed by atoms with E-state index in [2.05, 4.69) is 10.1 Å². The van der Waals surface area contributed by atoms with Gasteiger partial charge in [0.2, 0.25) is 5.82 Å². The third-order valence-corrected chi connectivity index (χ3v) is 3.23. The van der Waals surface area contributed by atoms with Crippen LogP contribution in [0.1, 0.15) is 5.89 Å². The lowest BCUT2D eigenvalue weighted by atomic mass is 10.2. The fraction of sp³-hybridized carbons (Fsp3) is 0.125. The first-order chi connectivity index (χ1) is 11.7. The van der Waals surface area contributed by atoms with Crippen LogP contribution in [0.25, 0.3) is 11.4 Å². The highest BCUT2D eigenvalue weighted by Gasteiger charge is 2.13. The van der Waals surface area contributed by atoms with Gasteiger partial charge in [-0.15, -0.1) is 0 Å². The zero-order chi connectivity index (χ0) is 16.9. The standard InChI is InChI=1S/C16H13N3O5/c1-22-14-5-3-2-4-13(14)16-17-15(24-18-16)10-23-12-8-6-11(7-9-12)19(20)21/h2-9H,10H2,1H3. The molecular formula is C16H13N3O5. The third kappa shape index (κ3) is 3.32. The smallest absolute Gasteiger partial charge is 0.269 e. The quantitative estimate of drug-likeness (QED) is 0.506. The summed E-state index contributed by atoms with van der Waals surface area (Å²) in [6.45, 7) is 0.0555. The number of hydrogen-bond acceptors (Lipinski definition) is 7. The molecule has 122 valence electrons. The summed E-state index contributed by atoms with van der Waals surface area (Å²) in [5.41, 5.74) is 0.712. The van der Waals surface area contributed by atoms with E-state index in [1.807, 2.05) is 18.2 Å². The molecule has 0 atom stereocenters. The lowest BCUT2D eigenvalue weighted by Crippen LogP contribution is -1.96. The van der Waals surface area contributed by atoms with E-state index in [9.17, 15) is 10.1 Å². The second-order valence-electron chi connectivity index (χ2n) is 4.75. The summed E-state index contributed by atoms with van der Waals surface area (Å²) in [7, 11) is 1.57. The van der Waals surface area contributed by atoms with Gasteiger partial charge in [0.05, 0.1) is 17.6 Å². The molecule has 8 heteroatoms. The minimum Gasteiger partial charge on any atom is -0.496 e. The van der Waals surface area contributed by atoms with Gasteiger partial charge in [0.15, 0.2) is 6.61 Å². The largest absolute Gasteiger partial charge is 0.496 e. The number of methoxy groups -OCH3 is 1. The van der Waals surface area contributed by atoms with Crippen LogP contribution in [0.5, 0.6) is 11.5 Å². The van der Waals surface area contributed by atoms with Crippen LogP contribution in [0, 0.1) is 10.1 Å². The Morgan fingerprint density at radius 3 is 2.62 bits per heavy atom. The summed E-state index contributed by atoms with van der Waals surface area (Å²) < 4.78 is 15.9. The fourth-order valence-corrected chi connectivity index (χ4v) is 2.06. The molecule has 24 heavy (non-hydrogen) atoms. The van der Waals surface area contributed by atoms with Crippen LogP contribution in [0.15, 0.2) is 53.1 Å². The van der Waals surface area contributed by atoms with Crippen molar-refractivity contribution in [3.05, 3.63) is 64.5 Å². The molecule has 0 N–H and O–H groups in total. The van der Waals surface area contributed by atoms with Crippen LogP contribution in [0.3, 0.4) is 0 Å². The Morgan fingerprint density at radius 1 is 1.17 bits per heavy atom. The van der Waals surface area contributed by atoms with Crippen molar-refractivity contribution >= 4 is 5.69 Å². The van der Waals surface area contributed by atoms with Crippen molar-refractivity contribution in [1.29, 1.82) is 0 Å². The third-order valence-electron chi connectivity index (χ3n) is 3.23. The van der Waals surface area contributed by atoms with Crippen molar-refractivity contribution in [2.45, 2.75) is 6.61 Å². The van der Waals surface area contributed by atoms with Crippen LogP contribution < -0.4 is 9.47 Å². The number of non-ortho nitro benzene ring substituents is 1. The average Bonchev–Trinajstić information content (AvgIpc) is 3.09. The molecule has 1 heterocycles. The fourth-order valence-electron chi connectivity index (χ4n) is 2.06. The summed E-state index contributed by atoms with van der Waals surface area (Å²) in [6.07, 6.45) is 0. The minimum atomic E-state index is -0.471. The molecule has 3 rings (SSSR count). The van der Waals surface area contributed by atoms with Crippen LogP contribution >= 0.6 is 0 Å². The number of aromatic nitrogens is 2. The zero-order valence-corrected chi connectivity index (χ0v) is 12.7. The van der Waals surface area contributed by atoms with Crippen molar-refractivity contribution in [2.24, 2.45) is 0 Å². The summed E-state index contributed by atoms with van der Waals surface area (Å²) in [5, 5.41) is 14.5. The van der Waals surface area contributed by atoms with Gasteiger partial charge in [-0.05, 0) is 24.3 Å². The number of nitrogens with zero attached hydrogens (tertiary/aromatic N) is 3. The maximum absolute atomic E-state index is 10.6. The molecule has 8 nitrogen and oxygen atoms in total. The highest BCUT2D eigenvalue weighted by Crippen LogP contribution is 2.27. The lowest BCUT2D eigenvalue weighted by Gasteiger charge is -2.03. The molecule has 1 aromatic heterocycles. The Balaban J connectivity index is 1.69. The monoisotopic (exact) mass is 327 g/mol. The number of nitro benzene ring substituents is 1. The van der Waals surface area contributed by atoms with E-state index in [1.54, 1.807) is 13.2 Å². The predicted molar refractivity (Wildman–Crippen MR) is 83.7 cm³/mol. The molecule has 0 radical (unpaired) electrons. The summed E-state index contributed by atoms with van der Waals surface area (Å²) in [6, 6.07) is 13.1. The Labute approximate surface area is 136 Å². The molecule has 0 saturated heterocycles. The normalized spacial score (nSPS) is 10.4. The summed E-state index contributed by atoms with van der Waals surface area (Å²) in [5.74, 6) is 1.79. The maximum Gasteiger partial charge on any atom is 0.269 e. The second-order valence-corrected chi connectivity index (χ2v) is 4.75. The summed E-state index contributed by atoms with van der Waals surface area (Å²) >= 11 is 0. The average molecular weight is 327 g/mol. The van der Waals surface area contributed by atoms with Gasteiger partial charge in [0.25, 0.3) is 11.6 Å². The lowest BCUT2D eigenvalue weighted by molar-refractivity contribution is -0.384. The van der Waals surface area contributed by atoms with Gasteiger partial charge >= 0.3 is 0 Å². The van der Waals surface area contributed by atoms with Gasteiger partial charge < -0.3 is 14.0 Å². The Bertz CT molecular complexity index is 845. The number of nitro groups is 1. The molecule has 3 aromatic rings. The van der Waals surface area contributed by atoms with Crippen molar-refractivity contribution in [3.8, 4) is 22.9 Å². The number of ether oxygens (including phenoxy) is 2. The van der Waals surface area contributed by atoms with Gasteiger partial charge in [-0.3, -0.25) is 10.1 Å². The molecule has 0 spiro atoms. The van der Waals surface area contributed by atoms with Crippen LogP contribution in [-0.2, 0) is 6.61 Å². The first-order valence-corrected chi connectivity index (χ1v) is 7.00. The van der Waals surface area contributed by atoms with E-state index < -0.39 is 4.92 Å². The number of benzene rings is 2. The molecule has 0 aliphatic carbocycles. The first-order valence-electron chi connectivity index (χ1n) is 7.00. The number of rotatable bonds is 6. The van der Waals surface area contributed by atoms with Crippen molar-refractivity contribution in [3.63, 3.8) is 0 Å². The van der Waals surface area contributed by atoms with Crippen molar-refractivity contribution < 1.29 is 18.9 Å². The van der Waals surface area contributed by atoms with Gasteiger partial charge in [-0.25, -0.2) is 0 Å². The van der Waals surface area contributed by atoms with E-state index in [1.165, 1.54) is 24.3 Å². The van der Waals surface area contributed by atoms with Crippen LogP contribution in [-0.4, -0.2) is 22.2 Å². The van der Waals surface area contributed by atoms with Gasteiger partial charge in [0, 0.05) is 12.1 Å². The minimum absolute atomic E-state index is 0.00130. The highest BCUT2D eigenvalue weighted by atomic mass is 16.6. The van der Waals surface area contributed by atoms with Crippen LogP contribution in [0.4, 0.5) is 5.69 Å². The van der Waals surface area contributed by atoms with Crippen molar-refractivity contribution in [1.82, 2.24) is 10.1 Å². The van der Waals surface area contributed by atoms with Gasteiger partial charge in [-0.2, -0.15) is 4.98 Å². The Hall–Kier alpha value is -3.42. The molecule has 0 fully saturated rings. The highest BCUT2D eigenvalue weighted by molar-refractivity contribution is 5.63. The topological polar surface area (TPSA) is 101 Å². The molecule has 0 amide bonds. The van der Waals surface area contributed by atoms with E-state index >= 15 is 0 Å². The molecule has 0 unspecified atom stereocenters. The van der Waals surface area contributed by atoms with E-state index in [4.69, 9.17) is 14.0 Å². The Morgan fingerprint density at radius 2 is 1.92 bits per heavy atom. The summed E-state index contributed by atoms with van der Waals surface area (Å²) in [4.78, 5) is 14.4. The molecule has 0 bridgehead atoms. The second kappa shape index (κ2) is 6.78. The van der Waals surface area contributed by atoms with Gasteiger partial charge in [0.1, 0.15) is 11.5 Å². The molecule has 0 aliphatic heterocycles. The Kier molecular flexibility index (Phi) is 4.37. The van der Waals surface area contributed by atoms with E-state index in [0.717, 1.165) is 0 Å². The molecule has 0 saturated carbocycles. The number of hydrogen-bond donors (Lipinski definition) is 0. The first kappa shape index (κ1) is 15.5. The predicted octanol–water partition coefficient (Wildman–Crippen LogP) is 3.23.